The molecule has 1 aliphatic heterocycles. The Bertz CT molecular complexity index is 609. The Morgan fingerprint density at radius 3 is 3.05 bits per heavy atom. The number of rotatable bonds is 3. The van der Waals surface area contributed by atoms with E-state index in [4.69, 9.17) is 0 Å². The van der Waals surface area contributed by atoms with E-state index in [2.05, 4.69) is 40.7 Å². The SMILES string of the molecule is O=C(CN1CCn2ccnc2C1)Nc1ccc(Br)cn1. The molecule has 0 unspecified atom stereocenters. The fourth-order valence-electron chi connectivity index (χ4n) is 2.19. The maximum Gasteiger partial charge on any atom is 0.239 e. The molecule has 3 rings (SSSR count). The molecular weight excluding hydrogens is 322 g/mol. The topological polar surface area (TPSA) is 63.1 Å². The summed E-state index contributed by atoms with van der Waals surface area (Å²) in [4.78, 5) is 22.5. The first-order valence-corrected chi connectivity index (χ1v) is 7.14. The predicted molar refractivity (Wildman–Crippen MR) is 78.1 cm³/mol. The molecule has 1 amide bonds. The fourth-order valence-corrected chi connectivity index (χ4v) is 2.43. The van der Waals surface area contributed by atoms with Crippen LogP contribution in [0, 0.1) is 0 Å². The highest BCUT2D eigenvalue weighted by Crippen LogP contribution is 2.12. The normalized spacial score (nSPS) is 14.8. The molecule has 0 saturated heterocycles. The molecule has 7 heteroatoms. The number of nitrogens with one attached hydrogen (secondary N) is 1. The van der Waals surface area contributed by atoms with Crippen LogP contribution in [0.1, 0.15) is 5.82 Å². The van der Waals surface area contributed by atoms with E-state index in [1.54, 1.807) is 18.5 Å². The highest BCUT2D eigenvalue weighted by atomic mass is 79.9. The maximum absolute atomic E-state index is 12.0. The molecule has 1 aliphatic rings. The van der Waals surface area contributed by atoms with E-state index in [0.29, 0.717) is 18.9 Å². The van der Waals surface area contributed by atoms with Gasteiger partial charge < -0.3 is 9.88 Å². The lowest BCUT2D eigenvalue weighted by atomic mass is 10.3. The van der Waals surface area contributed by atoms with Crippen LogP contribution in [0.4, 0.5) is 5.82 Å². The largest absolute Gasteiger partial charge is 0.333 e. The number of carbonyl (C=O) groups is 1. The summed E-state index contributed by atoms with van der Waals surface area (Å²) < 4.78 is 3.00. The maximum atomic E-state index is 12.0. The molecule has 0 spiro atoms. The third kappa shape index (κ3) is 3.05. The Labute approximate surface area is 125 Å². The number of hydrogen-bond acceptors (Lipinski definition) is 4. The van der Waals surface area contributed by atoms with Crippen molar-refractivity contribution in [2.24, 2.45) is 0 Å². The van der Waals surface area contributed by atoms with Gasteiger partial charge in [0.25, 0.3) is 0 Å². The van der Waals surface area contributed by atoms with E-state index in [9.17, 15) is 4.79 Å². The third-order valence-electron chi connectivity index (χ3n) is 3.19. The van der Waals surface area contributed by atoms with Crippen LogP contribution in [0.2, 0.25) is 0 Å². The molecular formula is C13H14BrN5O. The van der Waals surface area contributed by atoms with Crippen LogP contribution in [-0.4, -0.2) is 38.4 Å². The van der Waals surface area contributed by atoms with Gasteiger partial charge in [0.15, 0.2) is 0 Å². The van der Waals surface area contributed by atoms with Gasteiger partial charge in [0.05, 0.1) is 13.1 Å². The van der Waals surface area contributed by atoms with Gasteiger partial charge in [-0.25, -0.2) is 9.97 Å². The number of anilines is 1. The van der Waals surface area contributed by atoms with Crippen molar-refractivity contribution in [3.05, 3.63) is 41.0 Å². The summed E-state index contributed by atoms with van der Waals surface area (Å²) in [6, 6.07) is 3.62. The van der Waals surface area contributed by atoms with Gasteiger partial charge in [-0.05, 0) is 28.1 Å². The molecule has 0 aromatic carbocycles. The molecule has 3 heterocycles. The molecule has 0 bridgehead atoms. The fraction of sp³-hybridized carbons (Fsp3) is 0.308. The number of carbonyl (C=O) groups excluding carboxylic acids is 1. The van der Waals surface area contributed by atoms with E-state index in [0.717, 1.165) is 23.4 Å². The van der Waals surface area contributed by atoms with Crippen molar-refractivity contribution in [3.8, 4) is 0 Å². The van der Waals surface area contributed by atoms with E-state index in [1.165, 1.54) is 0 Å². The first-order chi connectivity index (χ1) is 9.70. The van der Waals surface area contributed by atoms with Gasteiger partial charge in [0.2, 0.25) is 5.91 Å². The molecule has 0 aliphatic carbocycles. The average Bonchev–Trinajstić information content (AvgIpc) is 2.89. The molecule has 0 saturated carbocycles. The molecule has 20 heavy (non-hydrogen) atoms. The van der Waals surface area contributed by atoms with Crippen molar-refractivity contribution >= 4 is 27.7 Å². The standard InChI is InChI=1S/C13H14BrN5O/c14-10-1-2-11(16-7-10)17-13(20)9-18-5-6-19-4-3-15-12(19)8-18/h1-4,7H,5-6,8-9H2,(H,16,17,20). The van der Waals surface area contributed by atoms with Gasteiger partial charge in [-0.2, -0.15) is 0 Å². The number of amides is 1. The number of nitrogens with zero attached hydrogens (tertiary/aromatic N) is 4. The van der Waals surface area contributed by atoms with Crippen molar-refractivity contribution in [1.29, 1.82) is 0 Å². The average molecular weight is 336 g/mol. The van der Waals surface area contributed by atoms with Gasteiger partial charge in [-0.3, -0.25) is 9.69 Å². The van der Waals surface area contributed by atoms with Gasteiger partial charge in [0.1, 0.15) is 11.6 Å². The molecule has 104 valence electrons. The first kappa shape index (κ1) is 13.3. The van der Waals surface area contributed by atoms with Crippen LogP contribution in [-0.2, 0) is 17.9 Å². The summed E-state index contributed by atoms with van der Waals surface area (Å²) in [5.74, 6) is 1.52. The number of pyridine rings is 1. The van der Waals surface area contributed by atoms with E-state index >= 15 is 0 Å². The summed E-state index contributed by atoms with van der Waals surface area (Å²) >= 11 is 3.31. The first-order valence-electron chi connectivity index (χ1n) is 6.34. The second-order valence-electron chi connectivity index (χ2n) is 4.66. The number of fused-ring (bicyclic) bond motifs is 1. The molecule has 6 nitrogen and oxygen atoms in total. The lowest BCUT2D eigenvalue weighted by Crippen LogP contribution is -2.39. The lowest BCUT2D eigenvalue weighted by Gasteiger charge is -2.26. The summed E-state index contributed by atoms with van der Waals surface area (Å²) in [5, 5.41) is 2.79. The molecule has 0 atom stereocenters. The van der Waals surface area contributed by atoms with E-state index in [1.807, 2.05) is 12.3 Å². The van der Waals surface area contributed by atoms with Crippen LogP contribution in [0.3, 0.4) is 0 Å². The molecule has 1 N–H and O–H groups in total. The molecule has 2 aromatic rings. The minimum Gasteiger partial charge on any atom is -0.333 e. The minimum absolute atomic E-state index is 0.0557. The van der Waals surface area contributed by atoms with Crippen molar-refractivity contribution < 1.29 is 4.79 Å². The van der Waals surface area contributed by atoms with Gasteiger partial charge in [-0.15, -0.1) is 0 Å². The van der Waals surface area contributed by atoms with Crippen molar-refractivity contribution in [2.45, 2.75) is 13.1 Å². The Morgan fingerprint density at radius 1 is 1.35 bits per heavy atom. The van der Waals surface area contributed by atoms with Crippen LogP contribution in [0.5, 0.6) is 0 Å². The Hall–Kier alpha value is -1.73. The molecule has 2 aromatic heterocycles. The quantitative estimate of drug-likeness (QED) is 0.923. The summed E-state index contributed by atoms with van der Waals surface area (Å²) in [6.07, 6.45) is 5.43. The zero-order valence-corrected chi connectivity index (χ0v) is 12.4. The highest BCUT2D eigenvalue weighted by molar-refractivity contribution is 9.10. The van der Waals surface area contributed by atoms with E-state index in [-0.39, 0.29) is 5.91 Å². The molecule has 0 fully saturated rings. The number of halogens is 1. The van der Waals surface area contributed by atoms with Crippen LogP contribution in [0.15, 0.2) is 35.2 Å². The van der Waals surface area contributed by atoms with Crippen LogP contribution in [0.25, 0.3) is 0 Å². The highest BCUT2D eigenvalue weighted by Gasteiger charge is 2.18. The third-order valence-corrected chi connectivity index (χ3v) is 3.66. The van der Waals surface area contributed by atoms with E-state index < -0.39 is 0 Å². The van der Waals surface area contributed by atoms with Crippen molar-refractivity contribution in [2.75, 3.05) is 18.4 Å². The predicted octanol–water partition coefficient (Wildman–Crippen LogP) is 1.49. The van der Waals surface area contributed by atoms with Gasteiger partial charge >= 0.3 is 0 Å². The number of imidazole rings is 1. The zero-order valence-electron chi connectivity index (χ0n) is 10.8. The monoisotopic (exact) mass is 335 g/mol. The number of hydrogen-bond donors (Lipinski definition) is 1. The smallest absolute Gasteiger partial charge is 0.239 e. The Balaban J connectivity index is 1.56. The minimum atomic E-state index is -0.0557. The second-order valence-corrected chi connectivity index (χ2v) is 5.57. The Morgan fingerprint density at radius 2 is 2.25 bits per heavy atom. The van der Waals surface area contributed by atoms with Crippen LogP contribution < -0.4 is 5.32 Å². The van der Waals surface area contributed by atoms with Crippen LogP contribution >= 0.6 is 15.9 Å². The molecule has 0 radical (unpaired) electrons. The summed E-state index contributed by atoms with van der Waals surface area (Å²) in [7, 11) is 0. The van der Waals surface area contributed by atoms with Crippen molar-refractivity contribution in [3.63, 3.8) is 0 Å². The summed E-state index contributed by atoms with van der Waals surface area (Å²) in [6.45, 7) is 2.78. The van der Waals surface area contributed by atoms with Gasteiger partial charge in [0, 0.05) is 36.2 Å². The Kier molecular flexibility index (Phi) is 3.79. The second kappa shape index (κ2) is 5.72. The van der Waals surface area contributed by atoms with Crippen molar-refractivity contribution in [1.82, 2.24) is 19.4 Å². The zero-order chi connectivity index (χ0) is 13.9. The number of aromatic nitrogens is 3. The van der Waals surface area contributed by atoms with Gasteiger partial charge in [-0.1, -0.05) is 0 Å². The lowest BCUT2D eigenvalue weighted by molar-refractivity contribution is -0.117. The summed E-state index contributed by atoms with van der Waals surface area (Å²) in [5.41, 5.74) is 0.